The van der Waals surface area contributed by atoms with Gasteiger partial charge in [0.2, 0.25) is 0 Å². The zero-order valence-corrected chi connectivity index (χ0v) is 14.4. The van der Waals surface area contributed by atoms with Gasteiger partial charge in [0.1, 0.15) is 5.82 Å². The van der Waals surface area contributed by atoms with E-state index in [0.29, 0.717) is 15.2 Å². The average Bonchev–Trinajstić information content (AvgIpc) is 3.01. The van der Waals surface area contributed by atoms with Crippen molar-refractivity contribution in [2.45, 2.75) is 26.3 Å². The van der Waals surface area contributed by atoms with Gasteiger partial charge in [0, 0.05) is 19.2 Å². The van der Waals surface area contributed by atoms with E-state index >= 15 is 0 Å². The summed E-state index contributed by atoms with van der Waals surface area (Å²) in [5.74, 6) is 0.234. The Morgan fingerprint density at radius 2 is 2.05 bits per heavy atom. The molecule has 2 heterocycles. The molecule has 0 amide bonds. The molecule has 6 heteroatoms. The van der Waals surface area contributed by atoms with Gasteiger partial charge in [-0.15, -0.1) is 0 Å². The molecule has 1 atom stereocenters. The van der Waals surface area contributed by atoms with E-state index in [1.165, 1.54) is 25.9 Å². The van der Waals surface area contributed by atoms with Crippen LogP contribution < -0.4 is 0 Å². The molecule has 1 N–H and O–H groups in total. The van der Waals surface area contributed by atoms with E-state index in [0.717, 1.165) is 24.1 Å². The summed E-state index contributed by atoms with van der Waals surface area (Å²) in [7, 11) is 0. The summed E-state index contributed by atoms with van der Waals surface area (Å²) in [5.41, 5.74) is 1.72. The summed E-state index contributed by atoms with van der Waals surface area (Å²) in [4.78, 5) is 5.66. The molecule has 2 aromatic rings. The molecule has 0 radical (unpaired) electrons. The van der Waals surface area contributed by atoms with Gasteiger partial charge in [0.15, 0.2) is 4.77 Å². The molecular formula is C15H19BrFN3S. The Balaban J connectivity index is 1.84. The lowest BCUT2D eigenvalue weighted by Crippen LogP contribution is -2.27. The second-order valence-electron chi connectivity index (χ2n) is 5.94. The largest absolute Gasteiger partial charge is 0.331 e. The summed E-state index contributed by atoms with van der Waals surface area (Å²) < 4.78 is 16.9. The number of aromatic amines is 1. The highest BCUT2D eigenvalue weighted by Crippen LogP contribution is 2.24. The second-order valence-corrected chi connectivity index (χ2v) is 7.18. The van der Waals surface area contributed by atoms with Gasteiger partial charge in [-0.3, -0.25) is 0 Å². The van der Waals surface area contributed by atoms with Crippen molar-refractivity contribution in [3.05, 3.63) is 27.2 Å². The molecule has 21 heavy (non-hydrogen) atoms. The lowest BCUT2D eigenvalue weighted by atomic mass is 10.1. The van der Waals surface area contributed by atoms with Crippen LogP contribution in [0.5, 0.6) is 0 Å². The minimum atomic E-state index is -0.252. The Labute approximate surface area is 137 Å². The quantitative estimate of drug-likeness (QED) is 0.808. The van der Waals surface area contributed by atoms with Gasteiger partial charge in [-0.05, 0) is 66.1 Å². The predicted octanol–water partition coefficient (Wildman–Crippen LogP) is 4.33. The molecule has 1 unspecified atom stereocenters. The Bertz CT molecular complexity index is 703. The third-order valence-electron chi connectivity index (χ3n) is 4.08. The Hall–Kier alpha value is -0.720. The number of nitrogens with zero attached hydrogens (tertiary/aromatic N) is 2. The minimum absolute atomic E-state index is 0.252. The Morgan fingerprint density at radius 3 is 2.76 bits per heavy atom. The van der Waals surface area contributed by atoms with Crippen LogP contribution in [0.4, 0.5) is 4.39 Å². The molecule has 3 rings (SSSR count). The van der Waals surface area contributed by atoms with Crippen molar-refractivity contribution in [3.8, 4) is 0 Å². The first-order valence-electron chi connectivity index (χ1n) is 7.34. The third kappa shape index (κ3) is 3.22. The summed E-state index contributed by atoms with van der Waals surface area (Å²) >= 11 is 8.61. The lowest BCUT2D eigenvalue weighted by molar-refractivity contribution is 0.272. The number of hydrogen-bond acceptors (Lipinski definition) is 2. The number of likely N-dealkylation sites (tertiary alicyclic amines) is 1. The Morgan fingerprint density at radius 1 is 1.33 bits per heavy atom. The molecule has 1 aliphatic heterocycles. The first-order valence-corrected chi connectivity index (χ1v) is 8.54. The van der Waals surface area contributed by atoms with Gasteiger partial charge in [-0.25, -0.2) is 4.39 Å². The van der Waals surface area contributed by atoms with Crippen molar-refractivity contribution in [3.63, 3.8) is 0 Å². The maximum atomic E-state index is 13.8. The lowest BCUT2D eigenvalue weighted by Gasteiger charge is -2.20. The van der Waals surface area contributed by atoms with Crippen LogP contribution in [-0.2, 0) is 6.54 Å². The molecule has 1 fully saturated rings. The number of benzene rings is 1. The topological polar surface area (TPSA) is 24.0 Å². The standard InChI is InChI=1S/C15H19BrFN3S/c1-10(8-19-4-2-3-5-19)9-20-14-7-12(17)11(16)6-13(14)18-15(20)21/h6-7,10H,2-5,8-9H2,1H3,(H,18,21). The van der Waals surface area contributed by atoms with Gasteiger partial charge in [0.25, 0.3) is 0 Å². The average molecular weight is 372 g/mol. The van der Waals surface area contributed by atoms with Crippen LogP contribution >= 0.6 is 28.1 Å². The smallest absolute Gasteiger partial charge is 0.178 e. The Kier molecular flexibility index (Phi) is 4.47. The first-order chi connectivity index (χ1) is 10.0. The van der Waals surface area contributed by atoms with Crippen LogP contribution in [0.15, 0.2) is 16.6 Å². The zero-order valence-electron chi connectivity index (χ0n) is 12.0. The molecular weight excluding hydrogens is 353 g/mol. The molecule has 3 nitrogen and oxygen atoms in total. The fraction of sp³-hybridized carbons (Fsp3) is 0.533. The van der Waals surface area contributed by atoms with Crippen LogP contribution in [0.3, 0.4) is 0 Å². The van der Waals surface area contributed by atoms with Crippen LogP contribution in [0.25, 0.3) is 11.0 Å². The zero-order chi connectivity index (χ0) is 15.0. The van der Waals surface area contributed by atoms with Crippen molar-refractivity contribution >= 4 is 39.2 Å². The van der Waals surface area contributed by atoms with Gasteiger partial charge in [-0.1, -0.05) is 6.92 Å². The summed E-state index contributed by atoms with van der Waals surface area (Å²) in [5, 5.41) is 0. The van der Waals surface area contributed by atoms with Crippen molar-refractivity contribution < 1.29 is 4.39 Å². The first kappa shape index (κ1) is 15.2. The number of H-pyrrole nitrogens is 1. The van der Waals surface area contributed by atoms with Gasteiger partial charge in [0.05, 0.1) is 15.5 Å². The SMILES string of the molecule is CC(CN1CCCC1)Cn1c(=S)[nH]c2cc(Br)c(F)cc21. The van der Waals surface area contributed by atoms with Crippen LogP contribution in [0.2, 0.25) is 0 Å². The third-order valence-corrected chi connectivity index (χ3v) is 5.01. The van der Waals surface area contributed by atoms with E-state index in [1.807, 2.05) is 4.57 Å². The fourth-order valence-electron chi connectivity index (χ4n) is 3.11. The molecule has 1 aliphatic rings. The highest BCUT2D eigenvalue weighted by Gasteiger charge is 2.16. The van der Waals surface area contributed by atoms with Gasteiger partial charge >= 0.3 is 0 Å². The number of halogens is 2. The van der Waals surface area contributed by atoms with Crippen molar-refractivity contribution in [2.24, 2.45) is 5.92 Å². The molecule has 114 valence electrons. The van der Waals surface area contributed by atoms with E-state index in [-0.39, 0.29) is 5.82 Å². The van der Waals surface area contributed by atoms with E-state index in [9.17, 15) is 4.39 Å². The molecule has 0 spiro atoms. The molecule has 1 aromatic carbocycles. The highest BCUT2D eigenvalue weighted by atomic mass is 79.9. The number of hydrogen-bond donors (Lipinski definition) is 1. The van der Waals surface area contributed by atoms with Gasteiger partial charge in [-0.2, -0.15) is 0 Å². The number of rotatable bonds is 4. The summed E-state index contributed by atoms with van der Waals surface area (Å²) in [6.45, 7) is 6.52. The molecule has 1 aromatic heterocycles. The van der Waals surface area contributed by atoms with Crippen molar-refractivity contribution in [1.29, 1.82) is 0 Å². The van der Waals surface area contributed by atoms with E-state index in [1.54, 1.807) is 12.1 Å². The summed E-state index contributed by atoms with van der Waals surface area (Å²) in [6, 6.07) is 3.30. The summed E-state index contributed by atoms with van der Waals surface area (Å²) in [6.07, 6.45) is 2.61. The molecule has 1 saturated heterocycles. The second kappa shape index (κ2) is 6.18. The molecule has 0 saturated carbocycles. The van der Waals surface area contributed by atoms with E-state index in [4.69, 9.17) is 12.2 Å². The maximum Gasteiger partial charge on any atom is 0.178 e. The normalized spacial score (nSPS) is 17.7. The predicted molar refractivity (Wildman–Crippen MR) is 89.6 cm³/mol. The number of aromatic nitrogens is 2. The maximum absolute atomic E-state index is 13.8. The van der Waals surface area contributed by atoms with Crippen LogP contribution in [0, 0.1) is 16.5 Å². The van der Waals surface area contributed by atoms with Crippen LogP contribution in [-0.4, -0.2) is 34.1 Å². The van der Waals surface area contributed by atoms with Crippen molar-refractivity contribution in [1.82, 2.24) is 14.5 Å². The fourth-order valence-corrected chi connectivity index (χ4v) is 3.73. The molecule has 0 bridgehead atoms. The van der Waals surface area contributed by atoms with Crippen LogP contribution in [0.1, 0.15) is 19.8 Å². The van der Waals surface area contributed by atoms with E-state index < -0.39 is 0 Å². The number of nitrogens with one attached hydrogen (secondary N) is 1. The minimum Gasteiger partial charge on any atom is -0.331 e. The molecule has 0 aliphatic carbocycles. The highest BCUT2D eigenvalue weighted by molar-refractivity contribution is 9.10. The number of fused-ring (bicyclic) bond motifs is 1. The van der Waals surface area contributed by atoms with E-state index in [2.05, 4.69) is 32.7 Å². The van der Waals surface area contributed by atoms with Crippen molar-refractivity contribution in [2.75, 3.05) is 19.6 Å². The number of imidazole rings is 1. The van der Waals surface area contributed by atoms with Gasteiger partial charge < -0.3 is 14.5 Å². The monoisotopic (exact) mass is 371 g/mol.